The third-order valence-electron chi connectivity index (χ3n) is 3.44. The van der Waals surface area contributed by atoms with Crippen molar-refractivity contribution in [3.05, 3.63) is 64.0 Å². The largest absolute Gasteiger partial charge is 0.489 e. The summed E-state index contributed by atoms with van der Waals surface area (Å²) >= 11 is 12.0. The first kappa shape index (κ1) is 16.8. The van der Waals surface area contributed by atoms with Crippen LogP contribution in [0.25, 0.3) is 11.5 Å². The summed E-state index contributed by atoms with van der Waals surface area (Å²) in [7, 11) is 0. The molecule has 3 aromatic rings. The Morgan fingerprint density at radius 3 is 2.54 bits per heavy atom. The summed E-state index contributed by atoms with van der Waals surface area (Å²) in [6.45, 7) is 2.44. The van der Waals surface area contributed by atoms with Gasteiger partial charge in [0.15, 0.2) is 0 Å². The fraction of sp³-hybridized carbons (Fsp3) is 0.222. The van der Waals surface area contributed by atoms with Crippen LogP contribution in [-0.2, 0) is 13.0 Å². The van der Waals surface area contributed by atoms with Gasteiger partial charge in [-0.1, -0.05) is 36.2 Å². The molecule has 0 bridgehead atoms. The summed E-state index contributed by atoms with van der Waals surface area (Å²) in [6, 6.07) is 12.9. The number of aromatic nitrogens is 2. The van der Waals surface area contributed by atoms with E-state index in [1.807, 2.05) is 30.3 Å². The molecule has 124 valence electrons. The van der Waals surface area contributed by atoms with E-state index in [9.17, 15) is 0 Å². The predicted molar refractivity (Wildman–Crippen MR) is 94.5 cm³/mol. The van der Waals surface area contributed by atoms with E-state index in [1.54, 1.807) is 12.1 Å². The second kappa shape index (κ2) is 7.69. The molecule has 0 aliphatic carbocycles. The molecule has 0 saturated heterocycles. The van der Waals surface area contributed by atoms with Crippen molar-refractivity contribution in [2.75, 3.05) is 0 Å². The molecular weight excluding hydrogens is 347 g/mol. The van der Waals surface area contributed by atoms with Crippen molar-refractivity contribution in [3.63, 3.8) is 0 Å². The van der Waals surface area contributed by atoms with Gasteiger partial charge in [0.25, 0.3) is 0 Å². The number of benzene rings is 2. The first-order chi connectivity index (χ1) is 11.7. The van der Waals surface area contributed by atoms with E-state index in [-0.39, 0.29) is 0 Å². The van der Waals surface area contributed by atoms with Crippen LogP contribution in [0.1, 0.15) is 24.8 Å². The van der Waals surface area contributed by atoms with Crippen molar-refractivity contribution >= 4 is 23.2 Å². The summed E-state index contributed by atoms with van der Waals surface area (Å²) in [5.41, 5.74) is 1.74. The van der Waals surface area contributed by atoms with Gasteiger partial charge < -0.3 is 9.15 Å². The molecule has 0 aliphatic heterocycles. The topological polar surface area (TPSA) is 48.2 Å². The van der Waals surface area contributed by atoms with Crippen LogP contribution in [-0.4, -0.2) is 10.2 Å². The lowest BCUT2D eigenvalue weighted by atomic mass is 10.2. The summed E-state index contributed by atoms with van der Waals surface area (Å²) in [6.07, 6.45) is 1.76. The molecule has 0 fully saturated rings. The van der Waals surface area contributed by atoms with Gasteiger partial charge in [-0.15, -0.1) is 10.2 Å². The SMILES string of the molecule is CCCc1nnc(-c2ccc(OCc3ccc(Cl)cc3Cl)cc2)o1. The average Bonchev–Trinajstić information content (AvgIpc) is 3.04. The number of ether oxygens (including phenoxy) is 1. The van der Waals surface area contributed by atoms with Gasteiger partial charge in [0.05, 0.1) is 0 Å². The van der Waals surface area contributed by atoms with Crippen molar-refractivity contribution in [3.8, 4) is 17.2 Å². The van der Waals surface area contributed by atoms with E-state index in [0.29, 0.717) is 28.4 Å². The second-order valence-corrected chi connectivity index (χ2v) is 6.14. The van der Waals surface area contributed by atoms with E-state index in [1.165, 1.54) is 0 Å². The second-order valence-electron chi connectivity index (χ2n) is 5.30. The highest BCUT2D eigenvalue weighted by atomic mass is 35.5. The van der Waals surface area contributed by atoms with E-state index >= 15 is 0 Å². The summed E-state index contributed by atoms with van der Waals surface area (Å²) in [4.78, 5) is 0. The fourth-order valence-electron chi connectivity index (χ4n) is 2.18. The molecule has 2 aromatic carbocycles. The molecule has 1 aromatic heterocycles. The number of halogens is 2. The van der Waals surface area contributed by atoms with Crippen molar-refractivity contribution in [2.45, 2.75) is 26.4 Å². The maximum atomic E-state index is 6.14. The zero-order chi connectivity index (χ0) is 16.9. The van der Waals surface area contributed by atoms with Crippen LogP contribution in [0, 0.1) is 0 Å². The number of nitrogens with zero attached hydrogens (tertiary/aromatic N) is 2. The summed E-state index contributed by atoms with van der Waals surface area (Å²) in [5.74, 6) is 1.91. The zero-order valence-corrected chi connectivity index (χ0v) is 14.6. The van der Waals surface area contributed by atoms with Gasteiger partial charge in [0.1, 0.15) is 12.4 Å². The molecule has 24 heavy (non-hydrogen) atoms. The first-order valence-electron chi connectivity index (χ1n) is 7.65. The number of aryl methyl sites for hydroxylation is 1. The van der Waals surface area contributed by atoms with E-state index in [0.717, 1.165) is 29.7 Å². The van der Waals surface area contributed by atoms with E-state index in [4.69, 9.17) is 32.4 Å². The third kappa shape index (κ3) is 4.08. The predicted octanol–water partition coefficient (Wildman–Crippen LogP) is 5.57. The Morgan fingerprint density at radius 1 is 1.04 bits per heavy atom. The van der Waals surface area contributed by atoms with Gasteiger partial charge >= 0.3 is 0 Å². The van der Waals surface area contributed by atoms with Crippen LogP contribution in [0.15, 0.2) is 46.9 Å². The van der Waals surface area contributed by atoms with Crippen LogP contribution in [0.2, 0.25) is 10.0 Å². The molecule has 0 spiro atoms. The molecule has 3 rings (SSSR count). The highest BCUT2D eigenvalue weighted by Gasteiger charge is 2.08. The fourth-order valence-corrected chi connectivity index (χ4v) is 2.64. The molecule has 0 amide bonds. The van der Waals surface area contributed by atoms with Crippen LogP contribution >= 0.6 is 23.2 Å². The van der Waals surface area contributed by atoms with Crippen LogP contribution in [0.5, 0.6) is 5.75 Å². The van der Waals surface area contributed by atoms with Gasteiger partial charge in [0, 0.05) is 27.6 Å². The lowest BCUT2D eigenvalue weighted by Gasteiger charge is -2.08. The quantitative estimate of drug-likeness (QED) is 0.574. The molecule has 0 unspecified atom stereocenters. The maximum Gasteiger partial charge on any atom is 0.247 e. The Balaban J connectivity index is 1.65. The van der Waals surface area contributed by atoms with Gasteiger partial charge in [0.2, 0.25) is 11.8 Å². The smallest absolute Gasteiger partial charge is 0.247 e. The first-order valence-corrected chi connectivity index (χ1v) is 8.41. The van der Waals surface area contributed by atoms with Crippen molar-refractivity contribution < 1.29 is 9.15 Å². The minimum absolute atomic E-state index is 0.372. The van der Waals surface area contributed by atoms with E-state index < -0.39 is 0 Å². The minimum atomic E-state index is 0.372. The molecule has 6 heteroatoms. The van der Waals surface area contributed by atoms with E-state index in [2.05, 4.69) is 17.1 Å². The van der Waals surface area contributed by atoms with Gasteiger partial charge in [-0.05, 0) is 42.8 Å². The third-order valence-corrected chi connectivity index (χ3v) is 4.03. The molecule has 0 radical (unpaired) electrons. The van der Waals surface area contributed by atoms with Crippen LogP contribution in [0.4, 0.5) is 0 Å². The Bertz CT molecular complexity index is 816. The van der Waals surface area contributed by atoms with Crippen molar-refractivity contribution in [2.24, 2.45) is 0 Å². The van der Waals surface area contributed by atoms with Crippen LogP contribution in [0.3, 0.4) is 0 Å². The molecule has 0 atom stereocenters. The molecule has 1 heterocycles. The highest BCUT2D eigenvalue weighted by molar-refractivity contribution is 6.35. The number of hydrogen-bond donors (Lipinski definition) is 0. The van der Waals surface area contributed by atoms with Gasteiger partial charge in [-0.3, -0.25) is 0 Å². The van der Waals surface area contributed by atoms with Gasteiger partial charge in [-0.2, -0.15) is 0 Å². The molecule has 0 saturated carbocycles. The molecule has 0 N–H and O–H groups in total. The molecule has 4 nitrogen and oxygen atoms in total. The standard InChI is InChI=1S/C18H16Cl2N2O2/c1-2-3-17-21-22-18(24-17)12-5-8-15(9-6-12)23-11-13-4-7-14(19)10-16(13)20/h4-10H,2-3,11H2,1H3. The van der Waals surface area contributed by atoms with Crippen LogP contribution < -0.4 is 4.74 Å². The normalized spacial score (nSPS) is 10.8. The minimum Gasteiger partial charge on any atom is -0.489 e. The summed E-state index contributed by atoms with van der Waals surface area (Å²) in [5, 5.41) is 9.28. The number of rotatable bonds is 6. The Morgan fingerprint density at radius 2 is 1.83 bits per heavy atom. The average molecular weight is 363 g/mol. The number of hydrogen-bond acceptors (Lipinski definition) is 4. The van der Waals surface area contributed by atoms with Gasteiger partial charge in [-0.25, -0.2) is 0 Å². The monoisotopic (exact) mass is 362 g/mol. The van der Waals surface area contributed by atoms with Crippen molar-refractivity contribution in [1.29, 1.82) is 0 Å². The molecular formula is C18H16Cl2N2O2. The zero-order valence-electron chi connectivity index (χ0n) is 13.1. The lowest BCUT2D eigenvalue weighted by Crippen LogP contribution is -1.96. The molecule has 0 aliphatic rings. The Kier molecular flexibility index (Phi) is 5.38. The highest BCUT2D eigenvalue weighted by Crippen LogP contribution is 2.25. The Labute approximate surface area is 150 Å². The lowest BCUT2D eigenvalue weighted by molar-refractivity contribution is 0.306. The maximum absolute atomic E-state index is 6.14. The Hall–Kier alpha value is -2.04. The van der Waals surface area contributed by atoms with Crippen molar-refractivity contribution in [1.82, 2.24) is 10.2 Å². The summed E-state index contributed by atoms with van der Waals surface area (Å²) < 4.78 is 11.4.